The molecule has 5 heteroatoms. The van der Waals surface area contributed by atoms with Gasteiger partial charge in [-0.15, -0.1) is 0 Å². The molecule has 5 nitrogen and oxygen atoms in total. The summed E-state index contributed by atoms with van der Waals surface area (Å²) in [5, 5.41) is 6.72. The third kappa shape index (κ3) is 3.80. The molecular formula is C16H25N3O2. The molecule has 2 N–H and O–H groups in total. The maximum absolute atomic E-state index is 5.59. The zero-order valence-electron chi connectivity index (χ0n) is 13.5. The summed E-state index contributed by atoms with van der Waals surface area (Å²) in [7, 11) is 3.41. The lowest BCUT2D eigenvalue weighted by Gasteiger charge is -2.15. The second kappa shape index (κ2) is 6.24. The van der Waals surface area contributed by atoms with E-state index in [0.29, 0.717) is 18.1 Å². The molecule has 0 radical (unpaired) electrons. The highest BCUT2D eigenvalue weighted by Gasteiger charge is 2.46. The van der Waals surface area contributed by atoms with Crippen molar-refractivity contribution in [3.8, 4) is 11.5 Å². The van der Waals surface area contributed by atoms with E-state index in [0.717, 1.165) is 23.1 Å². The Bertz CT molecular complexity index is 526. The monoisotopic (exact) mass is 291 g/mol. The molecule has 21 heavy (non-hydrogen) atoms. The molecule has 2 rings (SSSR count). The molecule has 0 aromatic heterocycles. The summed E-state index contributed by atoms with van der Waals surface area (Å²) in [6.45, 7) is 7.05. The summed E-state index contributed by atoms with van der Waals surface area (Å²) in [6, 6.07) is 6.24. The van der Waals surface area contributed by atoms with Gasteiger partial charge < -0.3 is 20.1 Å². The fraction of sp³-hybridized carbons (Fsp3) is 0.562. The number of rotatable bonds is 5. The SMILES string of the molecule is CCOc1cc(NC(=NC)NC2CC2(C)C)ccc1OC. The van der Waals surface area contributed by atoms with Gasteiger partial charge in [-0.25, -0.2) is 0 Å². The van der Waals surface area contributed by atoms with Gasteiger partial charge in [-0.1, -0.05) is 13.8 Å². The van der Waals surface area contributed by atoms with Crippen molar-refractivity contribution in [3.63, 3.8) is 0 Å². The molecule has 1 saturated carbocycles. The molecule has 1 atom stereocenters. The van der Waals surface area contributed by atoms with Gasteiger partial charge in [-0.3, -0.25) is 4.99 Å². The van der Waals surface area contributed by atoms with Crippen LogP contribution in [-0.4, -0.2) is 32.8 Å². The fourth-order valence-electron chi connectivity index (χ4n) is 2.19. The van der Waals surface area contributed by atoms with Gasteiger partial charge in [0.2, 0.25) is 0 Å². The highest BCUT2D eigenvalue weighted by Crippen LogP contribution is 2.44. The fourth-order valence-corrected chi connectivity index (χ4v) is 2.19. The van der Waals surface area contributed by atoms with E-state index in [1.165, 1.54) is 6.42 Å². The number of ether oxygens (including phenoxy) is 2. The molecular weight excluding hydrogens is 266 g/mol. The van der Waals surface area contributed by atoms with Crippen LogP contribution in [-0.2, 0) is 0 Å². The van der Waals surface area contributed by atoms with Crippen molar-refractivity contribution in [2.45, 2.75) is 33.2 Å². The number of aliphatic imine (C=N–C) groups is 1. The van der Waals surface area contributed by atoms with Gasteiger partial charge in [-0.2, -0.15) is 0 Å². The van der Waals surface area contributed by atoms with Crippen molar-refractivity contribution in [2.75, 3.05) is 26.1 Å². The van der Waals surface area contributed by atoms with Crippen LogP contribution in [0.5, 0.6) is 11.5 Å². The summed E-state index contributed by atoms with van der Waals surface area (Å²) in [4.78, 5) is 4.27. The number of benzene rings is 1. The molecule has 1 fully saturated rings. The normalized spacial score (nSPS) is 19.9. The first-order valence-corrected chi connectivity index (χ1v) is 7.31. The molecule has 1 aliphatic rings. The van der Waals surface area contributed by atoms with Crippen molar-refractivity contribution in [1.29, 1.82) is 0 Å². The van der Waals surface area contributed by atoms with Crippen molar-refractivity contribution in [3.05, 3.63) is 18.2 Å². The Morgan fingerprint density at radius 3 is 2.62 bits per heavy atom. The van der Waals surface area contributed by atoms with E-state index in [1.54, 1.807) is 14.2 Å². The maximum atomic E-state index is 5.59. The summed E-state index contributed by atoms with van der Waals surface area (Å²) < 4.78 is 10.9. The van der Waals surface area contributed by atoms with Gasteiger partial charge >= 0.3 is 0 Å². The zero-order chi connectivity index (χ0) is 15.5. The third-order valence-corrected chi connectivity index (χ3v) is 3.77. The van der Waals surface area contributed by atoms with Crippen molar-refractivity contribution < 1.29 is 9.47 Å². The van der Waals surface area contributed by atoms with Crippen LogP contribution in [0.4, 0.5) is 5.69 Å². The molecule has 0 bridgehead atoms. The van der Waals surface area contributed by atoms with E-state index in [9.17, 15) is 0 Å². The van der Waals surface area contributed by atoms with Crippen molar-refractivity contribution in [2.24, 2.45) is 10.4 Å². The van der Waals surface area contributed by atoms with E-state index >= 15 is 0 Å². The van der Waals surface area contributed by atoms with E-state index < -0.39 is 0 Å². The minimum absolute atomic E-state index is 0.355. The van der Waals surface area contributed by atoms with Crippen molar-refractivity contribution >= 4 is 11.6 Å². The van der Waals surface area contributed by atoms with Crippen LogP contribution < -0.4 is 20.1 Å². The number of anilines is 1. The smallest absolute Gasteiger partial charge is 0.195 e. The minimum Gasteiger partial charge on any atom is -0.493 e. The van der Waals surface area contributed by atoms with Crippen molar-refractivity contribution in [1.82, 2.24) is 5.32 Å². The van der Waals surface area contributed by atoms with E-state index in [-0.39, 0.29) is 0 Å². The Kier molecular flexibility index (Phi) is 4.60. The van der Waals surface area contributed by atoms with Gasteiger partial charge in [-0.05, 0) is 30.9 Å². The predicted octanol–water partition coefficient (Wildman–Crippen LogP) is 2.88. The van der Waals surface area contributed by atoms with E-state index in [1.807, 2.05) is 25.1 Å². The largest absolute Gasteiger partial charge is 0.493 e. The molecule has 0 aliphatic heterocycles. The summed E-state index contributed by atoms with van der Waals surface area (Å²) >= 11 is 0. The Morgan fingerprint density at radius 2 is 2.10 bits per heavy atom. The molecule has 0 saturated heterocycles. The van der Waals surface area contributed by atoms with Crippen LogP contribution in [0.2, 0.25) is 0 Å². The van der Waals surface area contributed by atoms with Crippen LogP contribution >= 0.6 is 0 Å². The second-order valence-electron chi connectivity index (χ2n) is 5.89. The van der Waals surface area contributed by atoms with Crippen LogP contribution in [0.3, 0.4) is 0 Å². The molecule has 0 amide bonds. The summed E-state index contributed by atoms with van der Waals surface area (Å²) in [5.41, 5.74) is 1.28. The number of guanidine groups is 1. The topological polar surface area (TPSA) is 54.9 Å². The van der Waals surface area contributed by atoms with Gasteiger partial charge in [0.1, 0.15) is 0 Å². The Balaban J connectivity index is 2.05. The summed E-state index contributed by atoms with van der Waals surface area (Å²) in [5.74, 6) is 2.24. The van der Waals surface area contributed by atoms with Crippen LogP contribution in [0, 0.1) is 5.41 Å². The first kappa shape index (κ1) is 15.5. The standard InChI is InChI=1S/C16H25N3O2/c1-6-21-13-9-11(7-8-12(13)20-5)18-15(17-4)19-14-10-16(14,2)3/h7-9,14H,6,10H2,1-5H3,(H2,17,18,19). The van der Waals surface area contributed by atoms with Crippen LogP contribution in [0.1, 0.15) is 27.2 Å². The van der Waals surface area contributed by atoms with Gasteiger partial charge in [0.15, 0.2) is 17.5 Å². The lowest BCUT2D eigenvalue weighted by molar-refractivity contribution is 0.311. The first-order valence-electron chi connectivity index (χ1n) is 7.31. The lowest BCUT2D eigenvalue weighted by Crippen LogP contribution is -2.34. The molecule has 0 spiro atoms. The summed E-state index contributed by atoms with van der Waals surface area (Å²) in [6.07, 6.45) is 1.17. The number of nitrogens with zero attached hydrogens (tertiary/aromatic N) is 1. The van der Waals surface area contributed by atoms with E-state index in [2.05, 4.69) is 29.5 Å². The number of nitrogens with one attached hydrogen (secondary N) is 2. The average molecular weight is 291 g/mol. The lowest BCUT2D eigenvalue weighted by atomic mass is 10.2. The Morgan fingerprint density at radius 1 is 1.38 bits per heavy atom. The molecule has 1 unspecified atom stereocenters. The van der Waals surface area contributed by atoms with Crippen LogP contribution in [0.15, 0.2) is 23.2 Å². The highest BCUT2D eigenvalue weighted by molar-refractivity contribution is 5.94. The predicted molar refractivity (Wildman–Crippen MR) is 86.5 cm³/mol. The van der Waals surface area contributed by atoms with E-state index in [4.69, 9.17) is 9.47 Å². The number of hydrogen-bond donors (Lipinski definition) is 2. The molecule has 1 aromatic rings. The van der Waals surface area contributed by atoms with Gasteiger partial charge in [0.25, 0.3) is 0 Å². The average Bonchev–Trinajstić information content (AvgIpc) is 3.05. The maximum Gasteiger partial charge on any atom is 0.195 e. The third-order valence-electron chi connectivity index (χ3n) is 3.77. The molecule has 1 aliphatic carbocycles. The number of hydrogen-bond acceptors (Lipinski definition) is 3. The van der Waals surface area contributed by atoms with Gasteiger partial charge in [0.05, 0.1) is 13.7 Å². The first-order chi connectivity index (χ1) is 10.00. The second-order valence-corrected chi connectivity index (χ2v) is 5.89. The Hall–Kier alpha value is -1.91. The molecule has 1 aromatic carbocycles. The highest BCUT2D eigenvalue weighted by atomic mass is 16.5. The van der Waals surface area contributed by atoms with Crippen LogP contribution in [0.25, 0.3) is 0 Å². The molecule has 116 valence electrons. The zero-order valence-corrected chi connectivity index (χ0v) is 13.5. The Labute approximate surface area is 126 Å². The van der Waals surface area contributed by atoms with Gasteiger partial charge in [0, 0.05) is 24.8 Å². The number of methoxy groups -OCH3 is 1. The molecule has 0 heterocycles. The minimum atomic E-state index is 0.355. The quantitative estimate of drug-likeness (QED) is 0.647.